The molecule has 7 heteroatoms. The van der Waals surface area contributed by atoms with E-state index in [1.54, 1.807) is 31.0 Å². The van der Waals surface area contributed by atoms with Gasteiger partial charge in [-0.05, 0) is 26.1 Å². The Morgan fingerprint density at radius 1 is 1.50 bits per heavy atom. The summed E-state index contributed by atoms with van der Waals surface area (Å²) in [5.74, 6) is -0.171. The van der Waals surface area contributed by atoms with E-state index < -0.39 is 12.0 Å². The van der Waals surface area contributed by atoms with Gasteiger partial charge in [-0.25, -0.2) is 0 Å². The van der Waals surface area contributed by atoms with Gasteiger partial charge in [0.2, 0.25) is 11.7 Å². The Morgan fingerprint density at radius 3 is 2.85 bits per heavy atom. The Balaban J connectivity index is 2.14. The first-order valence-electron chi connectivity index (χ1n) is 5.99. The first-order valence-corrected chi connectivity index (χ1v) is 6.37. The number of aromatic nitrogens is 2. The molecule has 1 unspecified atom stereocenters. The highest BCUT2D eigenvalue weighted by atomic mass is 35.5. The van der Waals surface area contributed by atoms with Gasteiger partial charge in [-0.2, -0.15) is 4.98 Å². The minimum atomic E-state index is -0.904. The molecule has 2 aromatic rings. The first-order chi connectivity index (χ1) is 9.49. The average Bonchev–Trinajstić information content (AvgIpc) is 2.86. The smallest absolute Gasteiger partial charge is 0.320 e. The summed E-state index contributed by atoms with van der Waals surface area (Å²) in [4.78, 5) is 16.7. The van der Waals surface area contributed by atoms with Crippen LogP contribution >= 0.6 is 11.6 Å². The zero-order chi connectivity index (χ0) is 14.7. The van der Waals surface area contributed by atoms with Crippen molar-refractivity contribution < 1.29 is 14.4 Å². The van der Waals surface area contributed by atoms with Gasteiger partial charge in [0.1, 0.15) is 6.04 Å². The maximum atomic E-state index is 10.9. The second kappa shape index (κ2) is 6.02. The molecule has 6 nitrogen and oxygen atoms in total. The minimum Gasteiger partial charge on any atom is -0.480 e. The fourth-order valence-corrected chi connectivity index (χ4v) is 1.83. The number of likely N-dealkylation sites (N-methyl/N-ethyl adjacent to an activating group) is 1. The molecule has 0 aliphatic rings. The third-order valence-electron chi connectivity index (χ3n) is 2.99. The van der Waals surface area contributed by atoms with E-state index in [0.29, 0.717) is 22.3 Å². The van der Waals surface area contributed by atoms with E-state index in [1.165, 1.54) is 0 Å². The minimum absolute atomic E-state index is 0.255. The van der Waals surface area contributed by atoms with Crippen molar-refractivity contribution in [2.75, 3.05) is 7.05 Å². The summed E-state index contributed by atoms with van der Waals surface area (Å²) in [6.45, 7) is 1.85. The fourth-order valence-electron chi connectivity index (χ4n) is 1.61. The van der Waals surface area contributed by atoms with E-state index in [-0.39, 0.29) is 6.54 Å². The second-order valence-corrected chi connectivity index (χ2v) is 4.83. The van der Waals surface area contributed by atoms with Crippen molar-refractivity contribution in [3.63, 3.8) is 0 Å². The molecule has 20 heavy (non-hydrogen) atoms. The van der Waals surface area contributed by atoms with Gasteiger partial charge in [-0.3, -0.25) is 9.69 Å². The summed E-state index contributed by atoms with van der Waals surface area (Å²) in [6, 6.07) is 6.54. The highest BCUT2D eigenvalue weighted by molar-refractivity contribution is 6.33. The van der Waals surface area contributed by atoms with Crippen molar-refractivity contribution in [1.29, 1.82) is 0 Å². The van der Waals surface area contributed by atoms with Crippen molar-refractivity contribution >= 4 is 17.6 Å². The zero-order valence-corrected chi connectivity index (χ0v) is 11.8. The van der Waals surface area contributed by atoms with Crippen LogP contribution in [0, 0.1) is 0 Å². The summed E-state index contributed by atoms with van der Waals surface area (Å²) < 4.78 is 5.12. The molecular formula is C13H14ClN3O3. The number of nitrogens with zero attached hydrogens (tertiary/aromatic N) is 3. The Hall–Kier alpha value is -1.92. The lowest BCUT2D eigenvalue weighted by atomic mass is 10.2. The second-order valence-electron chi connectivity index (χ2n) is 4.42. The number of carbonyl (C=O) groups is 1. The molecule has 1 aromatic carbocycles. The SMILES string of the molecule is CC(C(=O)O)N(C)Cc1nc(-c2ccccc2Cl)no1. The fraction of sp³-hybridized carbons (Fsp3) is 0.308. The average molecular weight is 296 g/mol. The van der Waals surface area contributed by atoms with E-state index in [0.717, 1.165) is 0 Å². The molecule has 106 valence electrons. The van der Waals surface area contributed by atoms with Gasteiger partial charge >= 0.3 is 5.97 Å². The maximum absolute atomic E-state index is 10.9. The van der Waals surface area contributed by atoms with Crippen molar-refractivity contribution in [2.24, 2.45) is 0 Å². The molecule has 0 fully saturated rings. The molecule has 0 bridgehead atoms. The molecule has 1 heterocycles. The molecule has 1 N–H and O–H groups in total. The predicted octanol–water partition coefficient (Wildman–Crippen LogP) is 2.29. The normalized spacial score (nSPS) is 12.6. The summed E-state index contributed by atoms with van der Waals surface area (Å²) in [5.41, 5.74) is 0.679. The van der Waals surface area contributed by atoms with Gasteiger partial charge < -0.3 is 9.63 Å². The van der Waals surface area contributed by atoms with Gasteiger partial charge in [0.05, 0.1) is 11.6 Å². The van der Waals surface area contributed by atoms with Crippen LogP contribution in [0.2, 0.25) is 5.02 Å². The largest absolute Gasteiger partial charge is 0.480 e. The van der Waals surface area contributed by atoms with E-state index in [2.05, 4.69) is 10.1 Å². The van der Waals surface area contributed by atoms with Gasteiger partial charge in [-0.1, -0.05) is 28.9 Å². The monoisotopic (exact) mass is 295 g/mol. The summed E-state index contributed by atoms with van der Waals surface area (Å²) >= 11 is 6.06. The lowest BCUT2D eigenvalue weighted by molar-refractivity contribution is -0.142. The Bertz CT molecular complexity index is 614. The zero-order valence-electron chi connectivity index (χ0n) is 11.1. The molecule has 0 aliphatic heterocycles. The van der Waals surface area contributed by atoms with E-state index in [9.17, 15) is 4.79 Å². The van der Waals surface area contributed by atoms with Gasteiger partial charge in [0, 0.05) is 5.56 Å². The van der Waals surface area contributed by atoms with Crippen LogP contribution in [0.4, 0.5) is 0 Å². The molecule has 1 atom stereocenters. The van der Waals surface area contributed by atoms with Crippen molar-refractivity contribution in [2.45, 2.75) is 19.5 Å². The summed E-state index contributed by atoms with van der Waals surface area (Å²) in [5, 5.41) is 13.3. The number of carboxylic acids is 1. The molecule has 1 aromatic heterocycles. The predicted molar refractivity (Wildman–Crippen MR) is 73.3 cm³/mol. The van der Waals surface area contributed by atoms with Crippen LogP contribution in [0.1, 0.15) is 12.8 Å². The summed E-state index contributed by atoms with van der Waals surface area (Å²) in [6.07, 6.45) is 0. The van der Waals surface area contributed by atoms with Crippen molar-refractivity contribution in [3.8, 4) is 11.4 Å². The van der Waals surface area contributed by atoms with Crippen LogP contribution in [0.25, 0.3) is 11.4 Å². The number of carboxylic acid groups (broad SMARTS) is 1. The number of hydrogen-bond acceptors (Lipinski definition) is 5. The quantitative estimate of drug-likeness (QED) is 0.911. The van der Waals surface area contributed by atoms with E-state index >= 15 is 0 Å². The molecule has 2 rings (SSSR count). The number of aliphatic carboxylic acids is 1. The standard InChI is InChI=1S/C13H14ClN3O3/c1-8(13(18)19)17(2)7-11-15-12(16-20-11)9-5-3-4-6-10(9)14/h3-6,8H,7H2,1-2H3,(H,18,19). The molecule has 0 amide bonds. The molecular weight excluding hydrogens is 282 g/mol. The molecule has 0 aliphatic carbocycles. The van der Waals surface area contributed by atoms with Crippen molar-refractivity contribution in [1.82, 2.24) is 15.0 Å². The van der Waals surface area contributed by atoms with E-state index in [1.807, 2.05) is 12.1 Å². The van der Waals surface area contributed by atoms with Gasteiger partial charge in [-0.15, -0.1) is 0 Å². The van der Waals surface area contributed by atoms with Crippen LogP contribution < -0.4 is 0 Å². The van der Waals surface area contributed by atoms with Crippen LogP contribution in [-0.2, 0) is 11.3 Å². The highest BCUT2D eigenvalue weighted by Crippen LogP contribution is 2.25. The Kier molecular flexibility index (Phi) is 4.36. The Labute approximate surface area is 121 Å². The van der Waals surface area contributed by atoms with Crippen molar-refractivity contribution in [3.05, 3.63) is 35.2 Å². The molecule has 0 radical (unpaired) electrons. The molecule has 0 spiro atoms. The highest BCUT2D eigenvalue weighted by Gasteiger charge is 2.20. The lowest BCUT2D eigenvalue weighted by Gasteiger charge is -2.18. The molecule has 0 saturated heterocycles. The topological polar surface area (TPSA) is 79.5 Å². The summed E-state index contributed by atoms with van der Waals surface area (Å²) in [7, 11) is 1.68. The third kappa shape index (κ3) is 3.15. The van der Waals surface area contributed by atoms with Gasteiger partial charge in [0.25, 0.3) is 0 Å². The Morgan fingerprint density at radius 2 is 2.20 bits per heavy atom. The number of benzene rings is 1. The third-order valence-corrected chi connectivity index (χ3v) is 3.32. The van der Waals surface area contributed by atoms with Gasteiger partial charge in [0.15, 0.2) is 0 Å². The number of halogens is 1. The number of rotatable bonds is 5. The van der Waals surface area contributed by atoms with Crippen LogP contribution in [0.15, 0.2) is 28.8 Å². The lowest BCUT2D eigenvalue weighted by Crippen LogP contribution is -2.35. The van der Waals surface area contributed by atoms with Crippen LogP contribution in [-0.4, -0.2) is 39.2 Å². The van der Waals surface area contributed by atoms with Crippen LogP contribution in [0.3, 0.4) is 0 Å². The first kappa shape index (κ1) is 14.5. The number of hydrogen-bond donors (Lipinski definition) is 1. The molecule has 0 saturated carbocycles. The van der Waals surface area contributed by atoms with E-state index in [4.69, 9.17) is 21.2 Å². The maximum Gasteiger partial charge on any atom is 0.320 e. The van der Waals surface area contributed by atoms with Crippen LogP contribution in [0.5, 0.6) is 0 Å².